The summed E-state index contributed by atoms with van der Waals surface area (Å²) in [4.78, 5) is 12.9. The molecule has 0 saturated carbocycles. The van der Waals surface area contributed by atoms with Crippen LogP contribution in [0.1, 0.15) is 40.5 Å². The van der Waals surface area contributed by atoms with Crippen molar-refractivity contribution in [1.82, 2.24) is 29.4 Å². The highest BCUT2D eigenvalue weighted by molar-refractivity contribution is 5.97. The lowest BCUT2D eigenvalue weighted by molar-refractivity contribution is 0.0932. The minimum absolute atomic E-state index is 0.00710. The van der Waals surface area contributed by atoms with E-state index < -0.39 is 0 Å². The molecule has 1 atom stereocenters. The van der Waals surface area contributed by atoms with Crippen LogP contribution in [-0.2, 0) is 20.5 Å². The van der Waals surface area contributed by atoms with E-state index in [0.717, 1.165) is 30.6 Å². The average Bonchev–Trinajstić information content (AvgIpc) is 3.28. The van der Waals surface area contributed by atoms with Crippen molar-refractivity contribution in [3.8, 4) is 5.82 Å². The number of carbonyl (C=O) groups excluding carboxylic acids is 1. The van der Waals surface area contributed by atoms with Crippen molar-refractivity contribution in [2.24, 2.45) is 14.1 Å². The summed E-state index contributed by atoms with van der Waals surface area (Å²) in [6.45, 7) is 0. The summed E-state index contributed by atoms with van der Waals surface area (Å²) in [7, 11) is 3.79. The Morgan fingerprint density at radius 2 is 1.92 bits per heavy atom. The molecule has 24 heavy (non-hydrogen) atoms. The fourth-order valence-corrected chi connectivity index (χ4v) is 3.47. The lowest BCUT2D eigenvalue weighted by Crippen LogP contribution is -2.31. The molecule has 0 unspecified atom stereocenters. The number of amides is 1. The van der Waals surface area contributed by atoms with E-state index in [-0.39, 0.29) is 11.9 Å². The summed E-state index contributed by atoms with van der Waals surface area (Å²) >= 11 is 0. The van der Waals surface area contributed by atoms with E-state index in [1.54, 1.807) is 10.9 Å². The minimum Gasteiger partial charge on any atom is -0.345 e. The van der Waals surface area contributed by atoms with Gasteiger partial charge in [0.05, 0.1) is 18.4 Å². The molecule has 1 amide bonds. The zero-order valence-corrected chi connectivity index (χ0v) is 13.8. The molecular weight excluding hydrogens is 304 g/mol. The highest BCUT2D eigenvalue weighted by atomic mass is 16.1. The molecule has 4 rings (SSSR count). The monoisotopic (exact) mass is 324 g/mol. The fraction of sp³-hybridized carbons (Fsp3) is 0.353. The van der Waals surface area contributed by atoms with E-state index in [1.807, 2.05) is 54.1 Å². The zero-order valence-electron chi connectivity index (χ0n) is 13.8. The van der Waals surface area contributed by atoms with Gasteiger partial charge in [-0.2, -0.15) is 10.2 Å². The standard InChI is InChI=1S/C17H20N6O/c1-21-15-7-5-6-14(12(15)10-18-21)20-16(24)13-11-19-22(2)17(13)23-8-3-4-9-23/h3-4,8-11,14H,5-7H2,1-2H3,(H,20,24)/t14-/m0/s1. The van der Waals surface area contributed by atoms with Crippen molar-refractivity contribution in [3.05, 3.63) is 53.7 Å². The summed E-state index contributed by atoms with van der Waals surface area (Å²) in [5, 5.41) is 11.8. The predicted molar refractivity (Wildman–Crippen MR) is 88.9 cm³/mol. The van der Waals surface area contributed by atoms with Gasteiger partial charge in [-0.25, -0.2) is 0 Å². The van der Waals surface area contributed by atoms with Gasteiger partial charge in [0.1, 0.15) is 11.4 Å². The topological polar surface area (TPSA) is 69.7 Å². The van der Waals surface area contributed by atoms with Crippen molar-refractivity contribution in [2.75, 3.05) is 0 Å². The Hall–Kier alpha value is -2.83. The number of aromatic nitrogens is 5. The molecule has 0 bridgehead atoms. The number of rotatable bonds is 3. The van der Waals surface area contributed by atoms with E-state index >= 15 is 0 Å². The maximum Gasteiger partial charge on any atom is 0.257 e. The zero-order chi connectivity index (χ0) is 16.7. The first-order chi connectivity index (χ1) is 11.6. The number of hydrogen-bond acceptors (Lipinski definition) is 3. The van der Waals surface area contributed by atoms with E-state index in [2.05, 4.69) is 15.5 Å². The van der Waals surface area contributed by atoms with Crippen LogP contribution in [0.25, 0.3) is 5.82 Å². The second-order valence-electron chi connectivity index (χ2n) is 6.18. The summed E-state index contributed by atoms with van der Waals surface area (Å²) < 4.78 is 5.52. The Bertz CT molecular complexity index is 873. The molecule has 1 aliphatic carbocycles. The van der Waals surface area contributed by atoms with Gasteiger partial charge in [-0.1, -0.05) is 0 Å². The van der Waals surface area contributed by atoms with Crippen molar-refractivity contribution in [2.45, 2.75) is 25.3 Å². The van der Waals surface area contributed by atoms with Gasteiger partial charge >= 0.3 is 0 Å². The number of nitrogens with zero attached hydrogens (tertiary/aromatic N) is 5. The molecule has 7 heteroatoms. The molecule has 124 valence electrons. The van der Waals surface area contributed by atoms with Gasteiger partial charge in [0.15, 0.2) is 0 Å². The molecule has 0 aromatic carbocycles. The van der Waals surface area contributed by atoms with Crippen LogP contribution in [0.15, 0.2) is 36.9 Å². The van der Waals surface area contributed by atoms with Crippen molar-refractivity contribution in [1.29, 1.82) is 0 Å². The molecule has 0 radical (unpaired) electrons. The lowest BCUT2D eigenvalue weighted by Gasteiger charge is -2.23. The van der Waals surface area contributed by atoms with Crippen molar-refractivity contribution < 1.29 is 4.79 Å². The molecule has 3 aromatic heterocycles. The van der Waals surface area contributed by atoms with Crippen LogP contribution in [0.2, 0.25) is 0 Å². The second-order valence-corrected chi connectivity index (χ2v) is 6.18. The molecule has 1 aliphatic rings. The van der Waals surface area contributed by atoms with E-state index in [1.165, 1.54) is 5.69 Å². The van der Waals surface area contributed by atoms with Crippen LogP contribution >= 0.6 is 0 Å². The molecule has 3 heterocycles. The highest BCUT2D eigenvalue weighted by Crippen LogP contribution is 2.29. The largest absolute Gasteiger partial charge is 0.345 e. The van der Waals surface area contributed by atoms with Gasteiger partial charge < -0.3 is 9.88 Å². The number of aryl methyl sites for hydroxylation is 2. The highest BCUT2D eigenvalue weighted by Gasteiger charge is 2.26. The summed E-state index contributed by atoms with van der Waals surface area (Å²) in [6, 6.07) is 3.86. The Balaban J connectivity index is 1.63. The molecular formula is C17H20N6O. The second kappa shape index (κ2) is 5.67. The molecule has 0 aliphatic heterocycles. The Labute approximate surface area is 139 Å². The Morgan fingerprint density at radius 1 is 1.17 bits per heavy atom. The SMILES string of the molecule is Cn1ncc2c1CCC[C@@H]2NC(=O)c1cnn(C)c1-n1cccc1. The first-order valence-electron chi connectivity index (χ1n) is 8.12. The predicted octanol–water partition coefficient (Wildman–Crippen LogP) is 1.75. The van der Waals surface area contributed by atoms with Gasteiger partial charge in [-0.15, -0.1) is 0 Å². The minimum atomic E-state index is -0.103. The van der Waals surface area contributed by atoms with Crippen molar-refractivity contribution >= 4 is 5.91 Å². The van der Waals surface area contributed by atoms with Gasteiger partial charge in [0, 0.05) is 37.7 Å². The maximum atomic E-state index is 12.9. The van der Waals surface area contributed by atoms with Crippen LogP contribution in [0, 0.1) is 0 Å². The summed E-state index contributed by atoms with van der Waals surface area (Å²) in [5.74, 6) is 0.660. The third-order valence-corrected chi connectivity index (χ3v) is 4.68. The number of fused-ring (bicyclic) bond motifs is 1. The van der Waals surface area contributed by atoms with Gasteiger partial charge in [-0.3, -0.25) is 14.2 Å². The van der Waals surface area contributed by atoms with Gasteiger partial charge in [-0.05, 0) is 31.4 Å². The van der Waals surface area contributed by atoms with Crippen LogP contribution in [0.3, 0.4) is 0 Å². The normalized spacial score (nSPS) is 16.8. The third kappa shape index (κ3) is 2.33. The molecule has 7 nitrogen and oxygen atoms in total. The molecule has 0 fully saturated rings. The number of carbonyl (C=O) groups is 1. The first-order valence-corrected chi connectivity index (χ1v) is 8.12. The van der Waals surface area contributed by atoms with Gasteiger partial charge in [0.25, 0.3) is 5.91 Å². The summed E-state index contributed by atoms with van der Waals surface area (Å²) in [5.41, 5.74) is 2.91. The van der Waals surface area contributed by atoms with E-state index in [0.29, 0.717) is 5.56 Å². The summed E-state index contributed by atoms with van der Waals surface area (Å²) in [6.07, 6.45) is 10.3. The smallest absolute Gasteiger partial charge is 0.257 e. The van der Waals surface area contributed by atoms with E-state index in [4.69, 9.17) is 0 Å². The third-order valence-electron chi connectivity index (χ3n) is 4.68. The van der Waals surface area contributed by atoms with Crippen LogP contribution in [-0.4, -0.2) is 30.0 Å². The van der Waals surface area contributed by atoms with Crippen LogP contribution in [0.5, 0.6) is 0 Å². The Morgan fingerprint density at radius 3 is 2.71 bits per heavy atom. The van der Waals surface area contributed by atoms with Crippen LogP contribution in [0.4, 0.5) is 0 Å². The molecule has 1 N–H and O–H groups in total. The van der Waals surface area contributed by atoms with Crippen LogP contribution < -0.4 is 5.32 Å². The van der Waals surface area contributed by atoms with Gasteiger partial charge in [0.2, 0.25) is 0 Å². The average molecular weight is 324 g/mol. The number of hydrogen-bond donors (Lipinski definition) is 1. The maximum absolute atomic E-state index is 12.9. The lowest BCUT2D eigenvalue weighted by atomic mass is 9.93. The van der Waals surface area contributed by atoms with E-state index in [9.17, 15) is 4.79 Å². The molecule has 0 spiro atoms. The fourth-order valence-electron chi connectivity index (χ4n) is 3.47. The van der Waals surface area contributed by atoms with Crippen molar-refractivity contribution in [3.63, 3.8) is 0 Å². The Kier molecular flexibility index (Phi) is 3.48. The first kappa shape index (κ1) is 14.7. The molecule has 3 aromatic rings. The quantitative estimate of drug-likeness (QED) is 0.798. The number of nitrogens with one attached hydrogen (secondary N) is 1. The molecule has 0 saturated heterocycles.